The molecule has 7 nitrogen and oxygen atoms in total. The summed E-state index contributed by atoms with van der Waals surface area (Å²) in [6.07, 6.45) is -0.140. The lowest BCUT2D eigenvalue weighted by Crippen LogP contribution is -2.26. The molecule has 8 heteroatoms. The number of carbonyl (C=O) groups excluding carboxylic acids is 1. The van der Waals surface area contributed by atoms with Gasteiger partial charge in [-0.15, -0.1) is 0 Å². The highest BCUT2D eigenvalue weighted by Crippen LogP contribution is 2.35. The smallest absolute Gasteiger partial charge is 0.308 e. The minimum absolute atomic E-state index is 0.0501. The number of benzene rings is 1. The van der Waals surface area contributed by atoms with Crippen molar-refractivity contribution in [1.82, 2.24) is 0 Å². The molecule has 1 aliphatic rings. The minimum Gasteiger partial charge on any atom is -0.481 e. The second-order valence-electron chi connectivity index (χ2n) is 4.13. The zero-order chi connectivity index (χ0) is 14.2. The van der Waals surface area contributed by atoms with Gasteiger partial charge in [0.15, 0.2) is 0 Å². The quantitative estimate of drug-likeness (QED) is 0.673. The van der Waals surface area contributed by atoms with E-state index in [4.69, 9.17) is 5.11 Å². The Hall–Kier alpha value is -1.96. The van der Waals surface area contributed by atoms with Crippen LogP contribution in [0, 0.1) is 16.0 Å². The summed E-state index contributed by atoms with van der Waals surface area (Å²) in [5.74, 6) is -2.33. The Kier molecular flexibility index (Phi) is 3.52. The molecule has 1 amide bonds. The highest BCUT2D eigenvalue weighted by molar-refractivity contribution is 9.10. The van der Waals surface area contributed by atoms with Gasteiger partial charge in [-0.05, 0) is 12.1 Å². The molecular formula is C11H9BrN2O5. The molecule has 19 heavy (non-hydrogen) atoms. The summed E-state index contributed by atoms with van der Waals surface area (Å²) < 4.78 is 0.583. The molecule has 2 rings (SSSR count). The normalized spacial score (nSPS) is 18.7. The number of anilines is 1. The standard InChI is InChI=1S/C11H9BrN2O5/c12-7-1-2-8(14(18)19)9(4-7)13-5-6(11(16)17)3-10(13)15/h1-2,4,6H,3,5H2,(H,16,17). The van der Waals surface area contributed by atoms with Crippen LogP contribution in [0.15, 0.2) is 22.7 Å². The maximum Gasteiger partial charge on any atom is 0.308 e. The van der Waals surface area contributed by atoms with E-state index in [0.29, 0.717) is 4.47 Å². The van der Waals surface area contributed by atoms with Gasteiger partial charge in [0.05, 0.1) is 10.8 Å². The van der Waals surface area contributed by atoms with Crippen LogP contribution in [0.3, 0.4) is 0 Å². The number of nitro groups is 1. The molecule has 1 heterocycles. The number of nitro benzene ring substituents is 1. The van der Waals surface area contributed by atoms with E-state index in [1.165, 1.54) is 18.2 Å². The molecule has 1 N–H and O–H groups in total. The molecule has 1 aliphatic heterocycles. The number of carboxylic acid groups (broad SMARTS) is 1. The fourth-order valence-corrected chi connectivity index (χ4v) is 2.32. The largest absolute Gasteiger partial charge is 0.481 e. The molecule has 1 atom stereocenters. The zero-order valence-electron chi connectivity index (χ0n) is 9.58. The summed E-state index contributed by atoms with van der Waals surface area (Å²) in [4.78, 5) is 34.2. The molecule has 1 saturated heterocycles. The summed E-state index contributed by atoms with van der Waals surface area (Å²) >= 11 is 3.18. The van der Waals surface area contributed by atoms with E-state index in [-0.39, 0.29) is 24.3 Å². The number of aliphatic carboxylic acids is 1. The lowest BCUT2D eigenvalue weighted by atomic mass is 10.1. The van der Waals surface area contributed by atoms with Gasteiger partial charge in [-0.1, -0.05) is 15.9 Å². The Morgan fingerprint density at radius 3 is 2.74 bits per heavy atom. The van der Waals surface area contributed by atoms with E-state index in [0.717, 1.165) is 4.90 Å². The molecule has 0 radical (unpaired) electrons. The molecular weight excluding hydrogens is 320 g/mol. The topological polar surface area (TPSA) is 101 Å². The van der Waals surface area contributed by atoms with Crippen LogP contribution < -0.4 is 4.90 Å². The molecule has 1 fully saturated rings. The lowest BCUT2D eigenvalue weighted by Gasteiger charge is -2.16. The van der Waals surface area contributed by atoms with Gasteiger partial charge < -0.3 is 10.0 Å². The molecule has 1 aromatic rings. The monoisotopic (exact) mass is 328 g/mol. The zero-order valence-corrected chi connectivity index (χ0v) is 11.2. The van der Waals surface area contributed by atoms with Gasteiger partial charge in [-0.2, -0.15) is 0 Å². The Labute approximate surface area is 116 Å². The number of carbonyl (C=O) groups is 2. The molecule has 0 bridgehead atoms. The molecule has 0 aliphatic carbocycles. The number of nitrogens with zero attached hydrogens (tertiary/aromatic N) is 2. The number of halogens is 1. The average molecular weight is 329 g/mol. The first-order valence-electron chi connectivity index (χ1n) is 5.37. The summed E-state index contributed by atoms with van der Waals surface area (Å²) in [5.41, 5.74) is -0.101. The van der Waals surface area contributed by atoms with Crippen LogP contribution in [-0.2, 0) is 9.59 Å². The lowest BCUT2D eigenvalue weighted by molar-refractivity contribution is -0.384. The van der Waals surface area contributed by atoms with Gasteiger partial charge in [0.1, 0.15) is 5.69 Å². The molecule has 0 saturated carbocycles. The predicted octanol–water partition coefficient (Wildman–Crippen LogP) is 1.79. The molecule has 0 spiro atoms. The van der Waals surface area contributed by atoms with Crippen molar-refractivity contribution in [3.8, 4) is 0 Å². The van der Waals surface area contributed by atoms with E-state index in [2.05, 4.69) is 15.9 Å². The van der Waals surface area contributed by atoms with Gasteiger partial charge >= 0.3 is 5.97 Å². The first-order chi connectivity index (χ1) is 8.90. The van der Waals surface area contributed by atoms with E-state index < -0.39 is 22.7 Å². The number of rotatable bonds is 3. The van der Waals surface area contributed by atoms with E-state index in [1.807, 2.05) is 0 Å². The molecule has 1 aromatic carbocycles. The van der Waals surface area contributed by atoms with Crippen LogP contribution in [0.4, 0.5) is 11.4 Å². The summed E-state index contributed by atoms with van der Waals surface area (Å²) in [7, 11) is 0. The Balaban J connectivity index is 2.42. The number of hydrogen-bond donors (Lipinski definition) is 1. The summed E-state index contributed by atoms with van der Waals surface area (Å²) in [6.45, 7) is -0.0501. The van der Waals surface area contributed by atoms with Crippen molar-refractivity contribution in [3.63, 3.8) is 0 Å². The van der Waals surface area contributed by atoms with Crippen LogP contribution >= 0.6 is 15.9 Å². The second kappa shape index (κ2) is 4.96. The van der Waals surface area contributed by atoms with Crippen molar-refractivity contribution < 1.29 is 19.6 Å². The highest BCUT2D eigenvalue weighted by atomic mass is 79.9. The maximum absolute atomic E-state index is 11.8. The third-order valence-electron chi connectivity index (χ3n) is 2.90. The number of amides is 1. The average Bonchev–Trinajstić information content (AvgIpc) is 2.71. The first-order valence-corrected chi connectivity index (χ1v) is 6.16. The van der Waals surface area contributed by atoms with Crippen LogP contribution in [0.2, 0.25) is 0 Å². The second-order valence-corrected chi connectivity index (χ2v) is 5.05. The molecule has 1 unspecified atom stereocenters. The number of carboxylic acids is 1. The van der Waals surface area contributed by atoms with Gasteiger partial charge in [0.25, 0.3) is 5.69 Å². The van der Waals surface area contributed by atoms with E-state index in [1.54, 1.807) is 0 Å². The fraction of sp³-hybridized carbons (Fsp3) is 0.273. The summed E-state index contributed by atoms with van der Waals surface area (Å²) in [6, 6.07) is 4.22. The van der Waals surface area contributed by atoms with Gasteiger partial charge in [-0.3, -0.25) is 19.7 Å². The predicted molar refractivity (Wildman–Crippen MR) is 68.9 cm³/mol. The maximum atomic E-state index is 11.8. The van der Waals surface area contributed by atoms with Gasteiger partial charge in [0.2, 0.25) is 5.91 Å². The van der Waals surface area contributed by atoms with Crippen molar-refractivity contribution in [3.05, 3.63) is 32.8 Å². The van der Waals surface area contributed by atoms with Crippen molar-refractivity contribution in [2.45, 2.75) is 6.42 Å². The van der Waals surface area contributed by atoms with Crippen LogP contribution in [0.5, 0.6) is 0 Å². The fourth-order valence-electron chi connectivity index (χ4n) is 1.97. The first kappa shape index (κ1) is 13.5. The van der Waals surface area contributed by atoms with Crippen LogP contribution in [0.25, 0.3) is 0 Å². The molecule has 100 valence electrons. The van der Waals surface area contributed by atoms with Crippen molar-refractivity contribution in [2.75, 3.05) is 11.4 Å². The van der Waals surface area contributed by atoms with Crippen molar-refractivity contribution in [1.29, 1.82) is 0 Å². The van der Waals surface area contributed by atoms with Gasteiger partial charge in [0, 0.05) is 23.5 Å². The Morgan fingerprint density at radius 1 is 1.53 bits per heavy atom. The number of hydrogen-bond acceptors (Lipinski definition) is 4. The van der Waals surface area contributed by atoms with Crippen molar-refractivity contribution >= 4 is 39.2 Å². The third kappa shape index (κ3) is 2.58. The van der Waals surface area contributed by atoms with Crippen molar-refractivity contribution in [2.24, 2.45) is 5.92 Å². The Bertz CT molecular complexity index is 574. The minimum atomic E-state index is -1.08. The SMILES string of the molecule is O=C(O)C1CC(=O)N(c2cc(Br)ccc2[N+](=O)[O-])C1. The summed E-state index contributed by atoms with van der Waals surface area (Å²) in [5, 5.41) is 19.9. The molecule has 0 aromatic heterocycles. The van der Waals surface area contributed by atoms with E-state index in [9.17, 15) is 19.7 Å². The highest BCUT2D eigenvalue weighted by Gasteiger charge is 2.37. The van der Waals surface area contributed by atoms with Gasteiger partial charge in [-0.25, -0.2) is 0 Å². The van der Waals surface area contributed by atoms with Crippen LogP contribution in [-0.4, -0.2) is 28.5 Å². The van der Waals surface area contributed by atoms with E-state index >= 15 is 0 Å². The van der Waals surface area contributed by atoms with Crippen LogP contribution in [0.1, 0.15) is 6.42 Å². The third-order valence-corrected chi connectivity index (χ3v) is 3.39. The Morgan fingerprint density at radius 2 is 2.21 bits per heavy atom.